The predicted molar refractivity (Wildman–Crippen MR) is 423 cm³/mol. The second-order valence-corrected chi connectivity index (χ2v) is 36.4. The molecule has 660 valence electrons. The highest BCUT2D eigenvalue weighted by Gasteiger charge is 2.61. The molecule has 0 aliphatic carbocycles. The van der Waals surface area contributed by atoms with Crippen molar-refractivity contribution in [2.24, 2.45) is 35.5 Å². The third kappa shape index (κ3) is 23.7. The Morgan fingerprint density at radius 3 is 1.29 bits per heavy atom. The molecule has 36 atom stereocenters. The number of likely N-dealkylation sites (N-methyl/N-ethyl adjacent to an activating group) is 2. The third-order valence-electron chi connectivity index (χ3n) is 26.0. The molecule has 0 unspecified atom stereocenters. The molecule has 6 saturated heterocycles. The Hall–Kier alpha value is -2.10. The summed E-state index contributed by atoms with van der Waals surface area (Å²) in [6.07, 6.45) is -13.3. The van der Waals surface area contributed by atoms with Crippen molar-refractivity contribution >= 4 is 11.9 Å². The molecule has 0 aromatic heterocycles. The molecule has 0 aromatic rings. The van der Waals surface area contributed by atoms with E-state index in [0.29, 0.717) is 39.0 Å². The zero-order valence-electron chi connectivity index (χ0n) is 73.6. The van der Waals surface area contributed by atoms with E-state index < -0.39 is 191 Å². The van der Waals surface area contributed by atoms with Crippen LogP contribution in [0.5, 0.6) is 0 Å². The second kappa shape index (κ2) is 41.9. The lowest BCUT2D eigenvalue weighted by molar-refractivity contribution is -0.336. The lowest BCUT2D eigenvalue weighted by atomic mass is 9.75. The summed E-state index contributed by atoms with van der Waals surface area (Å²) in [7, 11) is 10.6. The molecule has 0 amide bonds. The monoisotopic (exact) mass is 1610 g/mol. The maximum absolute atomic E-state index is 14.5. The van der Waals surface area contributed by atoms with Gasteiger partial charge in [-0.25, -0.2) is 0 Å². The van der Waals surface area contributed by atoms with Gasteiger partial charge in [-0.1, -0.05) is 55.4 Å². The molecule has 0 aromatic carbocycles. The van der Waals surface area contributed by atoms with Crippen LogP contribution in [0.4, 0.5) is 0 Å². The highest BCUT2D eigenvalue weighted by molar-refractivity contribution is 5.73. The van der Waals surface area contributed by atoms with Gasteiger partial charge in [0, 0.05) is 76.2 Å². The molecule has 6 heterocycles. The summed E-state index contributed by atoms with van der Waals surface area (Å²) in [6, 6.07) is -1.75. The van der Waals surface area contributed by atoms with Gasteiger partial charge >= 0.3 is 11.9 Å². The van der Waals surface area contributed by atoms with Crippen molar-refractivity contribution in [3.63, 3.8) is 0 Å². The van der Waals surface area contributed by atoms with Crippen molar-refractivity contribution in [1.29, 1.82) is 0 Å². The van der Waals surface area contributed by atoms with Gasteiger partial charge in [0.15, 0.2) is 25.2 Å². The van der Waals surface area contributed by atoms with Gasteiger partial charge in [0.05, 0.1) is 78.0 Å². The molecule has 6 rings (SSSR count). The van der Waals surface area contributed by atoms with Crippen molar-refractivity contribution < 1.29 is 117 Å². The number of cyclic esters (lactones) is 2. The summed E-state index contributed by atoms with van der Waals surface area (Å²) in [6.45, 7) is 41.8. The number of ether oxygens (including phenoxy) is 12. The van der Waals surface area contributed by atoms with Crippen LogP contribution in [0.25, 0.3) is 0 Å². The Morgan fingerprint density at radius 2 is 0.938 bits per heavy atom. The largest absolute Gasteiger partial charge is 0.459 e. The van der Waals surface area contributed by atoms with Crippen LogP contribution >= 0.6 is 0 Å². The molecule has 6 fully saturated rings. The van der Waals surface area contributed by atoms with Crippen LogP contribution < -0.4 is 21.3 Å². The van der Waals surface area contributed by atoms with E-state index >= 15 is 0 Å². The lowest BCUT2D eigenvalue weighted by Gasteiger charge is -2.53. The topological polar surface area (TPSA) is 402 Å². The van der Waals surface area contributed by atoms with Crippen molar-refractivity contribution in [1.82, 2.24) is 31.1 Å². The summed E-state index contributed by atoms with van der Waals surface area (Å²) in [5, 5.41) is 131. The minimum atomic E-state index is -1.81. The van der Waals surface area contributed by atoms with E-state index in [9.17, 15) is 60.7 Å². The first kappa shape index (κ1) is 100. The Morgan fingerprint density at radius 1 is 0.562 bits per heavy atom. The zero-order valence-corrected chi connectivity index (χ0v) is 73.6. The smallest absolute Gasteiger partial charge is 0.311 e. The molecule has 30 heteroatoms. The van der Waals surface area contributed by atoms with Gasteiger partial charge < -0.3 is 139 Å². The molecule has 0 saturated carbocycles. The number of hydrogen-bond donors (Lipinski definition) is 14. The van der Waals surface area contributed by atoms with E-state index in [0.717, 1.165) is 12.8 Å². The number of rotatable bonds is 24. The van der Waals surface area contributed by atoms with Crippen LogP contribution in [-0.4, -0.2) is 334 Å². The van der Waals surface area contributed by atoms with Gasteiger partial charge in [-0.3, -0.25) is 9.59 Å². The van der Waals surface area contributed by atoms with Crippen LogP contribution in [0.15, 0.2) is 0 Å². The fraction of sp³-hybridized carbons (Fsp3) is 0.976. The molecule has 6 aliphatic heterocycles. The number of esters is 2. The van der Waals surface area contributed by atoms with Crippen LogP contribution in [0.2, 0.25) is 0 Å². The Balaban J connectivity index is 0.000000400. The molecule has 0 spiro atoms. The number of hydrogen-bond acceptors (Lipinski definition) is 30. The van der Waals surface area contributed by atoms with E-state index in [2.05, 4.69) is 21.3 Å². The molecular weight excluding hydrogens is 1450 g/mol. The van der Waals surface area contributed by atoms with Crippen LogP contribution in [-0.2, 0) is 66.4 Å². The fourth-order valence-electron chi connectivity index (χ4n) is 18.4. The summed E-state index contributed by atoms with van der Waals surface area (Å²) < 4.78 is 76.7. The van der Waals surface area contributed by atoms with E-state index in [1.54, 1.807) is 69.2 Å². The molecular formula is C82H158N6O24. The van der Waals surface area contributed by atoms with Gasteiger partial charge in [0.25, 0.3) is 0 Å². The van der Waals surface area contributed by atoms with Gasteiger partial charge in [0.1, 0.15) is 64.1 Å². The first-order chi connectivity index (χ1) is 51.8. The van der Waals surface area contributed by atoms with E-state index in [1.807, 2.05) is 107 Å². The standard InChI is InChI=1S/2C41H79N3O12/c1-15-17-42-22-41(50)28(8)53-31(20-39(41,10)51-14)55-33-25(5)35(56-37-32(45)29(44(12)13)18-24(4)52-37)38(9,48)19-23(3)21-43-27(7)34(46)40(11,49)30(16-2)54-36(47)26(33)6;1-15-17-42-22-41(50)28(8)53-31(20-39(41,10)51-14)54-33-25(5)34(56-37-32(46)29(44(12)13)18-24(4)52-37)38(9,48)19-23(3)21-43-27(7)35(55-36(47)26(33)6)40(11,49)30(45)16-2/h2*23-35,37,42-43,45-46,48-50H,15-22H2,1-14H3/t23-,24-,25+,26-,27-,28+,29+,30-,31+,32-,33+,34-,35-,37+,38-,39-,40-,41+;23-,24-,25+,26-,27+,28+,29+,30-,31+,32-,33+,34-,35+,37+,38-,39-,40-,41+/m11/s1. The third-order valence-corrected chi connectivity index (χ3v) is 26.0. The Bertz CT molecular complexity index is 2820. The minimum Gasteiger partial charge on any atom is -0.459 e. The van der Waals surface area contributed by atoms with Crippen molar-refractivity contribution in [3.05, 3.63) is 0 Å². The second-order valence-electron chi connectivity index (χ2n) is 36.4. The van der Waals surface area contributed by atoms with Crippen LogP contribution in [0, 0.1) is 35.5 Å². The molecule has 14 N–H and O–H groups in total. The molecule has 112 heavy (non-hydrogen) atoms. The van der Waals surface area contributed by atoms with E-state index in [1.165, 1.54) is 28.1 Å². The summed E-state index contributed by atoms with van der Waals surface area (Å²) in [4.78, 5) is 32.6. The Kier molecular flexibility index (Phi) is 37.6. The highest BCUT2D eigenvalue weighted by atomic mass is 16.7. The maximum atomic E-state index is 14.5. The number of nitrogens with zero attached hydrogens (tertiary/aromatic N) is 2. The average molecular weight is 1610 g/mol. The van der Waals surface area contributed by atoms with Crippen molar-refractivity contribution in [2.75, 3.05) is 81.7 Å². The predicted octanol–water partition coefficient (Wildman–Crippen LogP) is 3.86. The average Bonchev–Trinajstić information content (AvgIpc) is 0.760. The summed E-state index contributed by atoms with van der Waals surface area (Å²) in [5.74, 6) is -5.34. The maximum Gasteiger partial charge on any atom is 0.311 e. The minimum absolute atomic E-state index is 0.0928. The molecule has 0 bridgehead atoms. The normalized spacial score (nSPS) is 46.6. The van der Waals surface area contributed by atoms with E-state index in [4.69, 9.17) is 56.8 Å². The number of methoxy groups -OCH3 is 2. The number of nitrogens with one attached hydrogen (secondary N) is 4. The van der Waals surface area contributed by atoms with Gasteiger partial charge in [0.2, 0.25) is 0 Å². The van der Waals surface area contributed by atoms with Gasteiger partial charge in [-0.05, 0) is 215 Å². The highest BCUT2D eigenvalue weighted by Crippen LogP contribution is 2.47. The van der Waals surface area contributed by atoms with Crippen LogP contribution in [0.1, 0.15) is 217 Å². The SMILES string of the molecule is CCCNC[C@]1(O)[C@H](C)O[C@@H](O[C@H]2[C@H](C)[C@@H](O[C@@H]3O[C@H](C)C[C@H](N(C)C)[C@H]3O)[C@](C)(O)C[C@@H](C)CN[C@@H](C)[C@@H]([C@](C)(O)[C@H](O)CC)OC(=O)[C@@H]2C)C[C@@]1(C)OC.CCCNC[C@]1(O)[C@H](C)O[C@@H](O[C@H]2[C@H](C)[C@@H](O[C@@H]3O[C@H](C)C[C@H](N(C)C)[C@H]3O)[C@](C)(O)C[C@@H](C)CN[C@H](C)[C@@H](O)[C@](C)(O)[C@@H](CC)OC(=O)[C@@H]2C)C[C@@]1(C)OC. The van der Waals surface area contributed by atoms with Crippen LogP contribution in [0.3, 0.4) is 0 Å². The molecule has 30 nitrogen and oxygen atoms in total. The molecule has 0 radical (unpaired) electrons. The summed E-state index contributed by atoms with van der Waals surface area (Å²) >= 11 is 0. The van der Waals surface area contributed by atoms with Gasteiger partial charge in [-0.15, -0.1) is 0 Å². The lowest BCUT2D eigenvalue weighted by Crippen LogP contribution is -2.70. The van der Waals surface area contributed by atoms with Crippen molar-refractivity contribution in [3.8, 4) is 0 Å². The van der Waals surface area contributed by atoms with Crippen molar-refractivity contribution in [2.45, 2.75) is 396 Å². The van der Waals surface area contributed by atoms with Gasteiger partial charge in [-0.2, -0.15) is 0 Å². The summed E-state index contributed by atoms with van der Waals surface area (Å²) in [5.41, 5.74) is -11.9. The first-order valence-corrected chi connectivity index (χ1v) is 41.8. The molecule has 6 aliphatic rings. The Labute approximate surface area is 671 Å². The fourth-order valence-corrected chi connectivity index (χ4v) is 18.4. The number of aliphatic hydroxyl groups excluding tert-OH is 4. The number of carbonyl (C=O) groups excluding carboxylic acids is 2. The zero-order chi connectivity index (χ0) is 85.1. The quantitative estimate of drug-likeness (QED) is 0.0482. The number of carbonyl (C=O) groups is 2. The van der Waals surface area contributed by atoms with E-state index in [-0.39, 0.29) is 87.7 Å². The number of aliphatic hydroxyl groups is 10. The first-order valence-electron chi connectivity index (χ1n) is 41.8.